The molecule has 1 atom stereocenters. The van der Waals surface area contributed by atoms with E-state index in [4.69, 9.17) is 0 Å². The van der Waals surface area contributed by atoms with Crippen LogP contribution in [0, 0.1) is 6.92 Å². The van der Waals surface area contributed by atoms with Gasteiger partial charge in [0.15, 0.2) is 0 Å². The van der Waals surface area contributed by atoms with E-state index in [-0.39, 0.29) is 23.8 Å². The highest BCUT2D eigenvalue weighted by Gasteiger charge is 2.34. The van der Waals surface area contributed by atoms with Crippen molar-refractivity contribution < 1.29 is 18.0 Å². The van der Waals surface area contributed by atoms with Crippen LogP contribution in [0.25, 0.3) is 0 Å². The van der Waals surface area contributed by atoms with Crippen molar-refractivity contribution >= 4 is 43.5 Å². The molecule has 0 fully saturated rings. The highest BCUT2D eigenvalue weighted by molar-refractivity contribution is 9.10. The molecular formula is C35H38BrN3O4S. The third kappa shape index (κ3) is 8.80. The van der Waals surface area contributed by atoms with E-state index in [1.165, 1.54) is 17.0 Å². The van der Waals surface area contributed by atoms with E-state index in [0.29, 0.717) is 16.7 Å². The topological polar surface area (TPSA) is 86.8 Å². The van der Waals surface area contributed by atoms with Gasteiger partial charge in [0.1, 0.15) is 12.6 Å². The van der Waals surface area contributed by atoms with E-state index < -0.39 is 28.5 Å². The van der Waals surface area contributed by atoms with Crippen molar-refractivity contribution in [1.82, 2.24) is 10.2 Å². The number of unbranched alkanes of at least 4 members (excludes halogenated alkanes) is 1. The number of nitrogens with one attached hydrogen (secondary N) is 1. The maximum absolute atomic E-state index is 14.5. The zero-order valence-corrected chi connectivity index (χ0v) is 27.4. The summed E-state index contributed by atoms with van der Waals surface area (Å²) in [5.74, 6) is -0.763. The summed E-state index contributed by atoms with van der Waals surface area (Å²) in [5, 5.41) is 3.01. The Bertz CT molecular complexity index is 1650. The van der Waals surface area contributed by atoms with Gasteiger partial charge in [-0.15, -0.1) is 0 Å². The number of hydrogen-bond acceptors (Lipinski definition) is 4. The second kappa shape index (κ2) is 15.7. The maximum Gasteiger partial charge on any atom is 0.264 e. The maximum atomic E-state index is 14.5. The van der Waals surface area contributed by atoms with Crippen LogP contribution >= 0.6 is 15.9 Å². The summed E-state index contributed by atoms with van der Waals surface area (Å²) in [6, 6.07) is 31.3. The fraction of sp³-hybridized carbons (Fsp3) is 0.257. The number of nitrogens with zero attached hydrogens (tertiary/aromatic N) is 2. The first-order valence-electron chi connectivity index (χ1n) is 14.7. The van der Waals surface area contributed by atoms with Gasteiger partial charge in [0.05, 0.1) is 10.6 Å². The quantitative estimate of drug-likeness (QED) is 0.154. The number of halogens is 1. The van der Waals surface area contributed by atoms with Crippen LogP contribution in [0.5, 0.6) is 0 Å². The van der Waals surface area contributed by atoms with Crippen molar-refractivity contribution in [2.75, 3.05) is 17.4 Å². The lowest BCUT2D eigenvalue weighted by Crippen LogP contribution is -2.53. The Balaban J connectivity index is 1.78. The molecule has 44 heavy (non-hydrogen) atoms. The lowest BCUT2D eigenvalue weighted by atomic mass is 10.0. The van der Waals surface area contributed by atoms with E-state index in [9.17, 15) is 18.0 Å². The Kier molecular flexibility index (Phi) is 11.7. The van der Waals surface area contributed by atoms with Crippen LogP contribution in [0.15, 0.2) is 119 Å². The predicted molar refractivity (Wildman–Crippen MR) is 179 cm³/mol. The smallest absolute Gasteiger partial charge is 0.264 e. The number of amides is 2. The number of carbonyl (C=O) groups excluding carboxylic acids is 2. The Labute approximate surface area is 269 Å². The molecule has 0 saturated heterocycles. The monoisotopic (exact) mass is 675 g/mol. The van der Waals surface area contributed by atoms with Gasteiger partial charge in [-0.05, 0) is 54.8 Å². The fourth-order valence-electron chi connectivity index (χ4n) is 4.95. The van der Waals surface area contributed by atoms with E-state index in [2.05, 4.69) is 21.2 Å². The summed E-state index contributed by atoms with van der Waals surface area (Å²) in [4.78, 5) is 29.9. The second-order valence-corrected chi connectivity index (χ2v) is 13.4. The molecule has 1 unspecified atom stereocenters. The van der Waals surface area contributed by atoms with Crippen LogP contribution in [0.3, 0.4) is 0 Å². The normalized spacial score (nSPS) is 11.9. The first-order valence-corrected chi connectivity index (χ1v) is 16.9. The van der Waals surface area contributed by atoms with Crippen LogP contribution in [-0.4, -0.2) is 44.3 Å². The summed E-state index contributed by atoms with van der Waals surface area (Å²) < 4.78 is 29.9. The molecule has 0 aliphatic carbocycles. The summed E-state index contributed by atoms with van der Waals surface area (Å²) in [6.45, 7) is 4.14. The summed E-state index contributed by atoms with van der Waals surface area (Å²) in [7, 11) is -4.14. The minimum atomic E-state index is -4.14. The summed E-state index contributed by atoms with van der Waals surface area (Å²) in [5.41, 5.74) is 3.09. The van der Waals surface area contributed by atoms with Crippen LogP contribution in [0.1, 0.15) is 36.5 Å². The number of hydrogen-bond donors (Lipinski definition) is 1. The van der Waals surface area contributed by atoms with Crippen molar-refractivity contribution in [1.29, 1.82) is 0 Å². The molecule has 4 rings (SSSR count). The van der Waals surface area contributed by atoms with Crippen molar-refractivity contribution in [2.45, 2.75) is 50.6 Å². The van der Waals surface area contributed by atoms with Gasteiger partial charge in [-0.2, -0.15) is 0 Å². The van der Waals surface area contributed by atoms with Crippen molar-refractivity contribution in [2.24, 2.45) is 0 Å². The van der Waals surface area contributed by atoms with Gasteiger partial charge < -0.3 is 10.2 Å². The Morgan fingerprint density at radius 2 is 1.50 bits per heavy atom. The minimum Gasteiger partial charge on any atom is -0.354 e. The molecule has 4 aromatic carbocycles. The molecule has 230 valence electrons. The molecule has 0 aliphatic heterocycles. The van der Waals surface area contributed by atoms with Gasteiger partial charge in [-0.3, -0.25) is 13.9 Å². The van der Waals surface area contributed by atoms with Gasteiger partial charge in [0, 0.05) is 24.0 Å². The third-order valence-corrected chi connectivity index (χ3v) is 9.52. The Morgan fingerprint density at radius 1 is 0.841 bits per heavy atom. The Morgan fingerprint density at radius 3 is 2.16 bits per heavy atom. The number of carbonyl (C=O) groups is 2. The van der Waals surface area contributed by atoms with Crippen molar-refractivity contribution in [3.63, 3.8) is 0 Å². The zero-order valence-electron chi connectivity index (χ0n) is 25.0. The Hall–Kier alpha value is -3.95. The van der Waals surface area contributed by atoms with E-state index >= 15 is 0 Å². The molecule has 7 nitrogen and oxygen atoms in total. The summed E-state index contributed by atoms with van der Waals surface area (Å²) >= 11 is 3.44. The van der Waals surface area contributed by atoms with Crippen molar-refractivity contribution in [3.05, 3.63) is 130 Å². The third-order valence-electron chi connectivity index (χ3n) is 7.24. The molecule has 9 heteroatoms. The average Bonchev–Trinajstić information content (AvgIpc) is 3.02. The molecule has 0 aliphatic rings. The van der Waals surface area contributed by atoms with Crippen LogP contribution in [0.4, 0.5) is 5.69 Å². The predicted octanol–water partition coefficient (Wildman–Crippen LogP) is 6.51. The highest BCUT2D eigenvalue weighted by atomic mass is 79.9. The number of anilines is 1. The van der Waals surface area contributed by atoms with Crippen molar-refractivity contribution in [3.8, 4) is 0 Å². The molecule has 0 aromatic heterocycles. The standard InChI is InChI=1S/C35H38BrN3O4S/c1-3-4-21-37-35(41)33(23-28-14-7-5-8-15-28)38(25-29-16-11-13-27(2)22-29)34(40)26-39(31-18-12-17-30(36)24-31)44(42,43)32-19-9-6-10-20-32/h5-20,22,24,33H,3-4,21,23,25-26H2,1-2H3,(H,37,41). The van der Waals surface area contributed by atoms with Gasteiger partial charge in [0.25, 0.3) is 10.0 Å². The molecule has 0 saturated carbocycles. The molecule has 0 heterocycles. The molecule has 0 radical (unpaired) electrons. The molecule has 1 N–H and O–H groups in total. The fourth-order valence-corrected chi connectivity index (χ4v) is 6.76. The molecule has 0 bridgehead atoms. The molecular weight excluding hydrogens is 638 g/mol. The lowest BCUT2D eigenvalue weighted by Gasteiger charge is -2.34. The molecule has 2 amide bonds. The number of benzene rings is 4. The van der Waals surface area contributed by atoms with Crippen LogP contribution in [-0.2, 0) is 32.6 Å². The van der Waals surface area contributed by atoms with E-state index in [1.807, 2.05) is 68.4 Å². The second-order valence-electron chi connectivity index (χ2n) is 10.7. The van der Waals surface area contributed by atoms with Crippen LogP contribution < -0.4 is 9.62 Å². The number of rotatable bonds is 14. The van der Waals surface area contributed by atoms with Gasteiger partial charge >= 0.3 is 0 Å². The van der Waals surface area contributed by atoms with Crippen LogP contribution in [0.2, 0.25) is 0 Å². The molecule has 0 spiro atoms. The number of sulfonamides is 1. The SMILES string of the molecule is CCCCNC(=O)C(Cc1ccccc1)N(Cc1cccc(C)c1)C(=O)CN(c1cccc(Br)c1)S(=O)(=O)c1ccccc1. The minimum absolute atomic E-state index is 0.0659. The van der Waals surface area contributed by atoms with E-state index in [1.54, 1.807) is 42.5 Å². The van der Waals surface area contributed by atoms with Gasteiger partial charge in [-0.25, -0.2) is 8.42 Å². The van der Waals surface area contributed by atoms with Gasteiger partial charge in [0.2, 0.25) is 11.8 Å². The number of aryl methyl sites for hydroxylation is 1. The zero-order chi connectivity index (χ0) is 31.5. The first-order chi connectivity index (χ1) is 21.2. The molecule has 4 aromatic rings. The highest BCUT2D eigenvalue weighted by Crippen LogP contribution is 2.27. The van der Waals surface area contributed by atoms with E-state index in [0.717, 1.165) is 33.8 Å². The average molecular weight is 677 g/mol. The summed E-state index contributed by atoms with van der Waals surface area (Å²) in [6.07, 6.45) is 1.99. The lowest BCUT2D eigenvalue weighted by molar-refractivity contribution is -0.140. The van der Waals surface area contributed by atoms with Gasteiger partial charge in [-0.1, -0.05) is 114 Å². The largest absolute Gasteiger partial charge is 0.354 e. The first kappa shape index (κ1) is 33.0.